The van der Waals surface area contributed by atoms with E-state index in [-0.39, 0.29) is 12.2 Å². The largest absolute Gasteiger partial charge is 0.388 e. The average Bonchev–Trinajstić information content (AvgIpc) is 2.28. The Morgan fingerprint density at radius 2 is 2.06 bits per heavy atom. The van der Waals surface area contributed by atoms with Crippen molar-refractivity contribution in [2.75, 3.05) is 18.0 Å². The predicted molar refractivity (Wildman–Crippen MR) is 72.3 cm³/mol. The first-order valence-corrected chi connectivity index (χ1v) is 6.13. The third kappa shape index (κ3) is 2.92. The van der Waals surface area contributed by atoms with Gasteiger partial charge < -0.3 is 15.4 Å². The van der Waals surface area contributed by atoms with Gasteiger partial charge in [0.15, 0.2) is 0 Å². The molecule has 1 aromatic rings. The number of thiocarbonyl (C=S) groups is 1. The fourth-order valence-corrected chi connectivity index (χ4v) is 2.23. The van der Waals surface area contributed by atoms with Crippen molar-refractivity contribution in [1.29, 1.82) is 0 Å². The van der Waals surface area contributed by atoms with Crippen LogP contribution in [0, 0.1) is 0 Å². The highest BCUT2D eigenvalue weighted by Gasteiger charge is 2.22. The summed E-state index contributed by atoms with van der Waals surface area (Å²) in [5, 5.41) is 0. The average molecular weight is 251 g/mol. The molecule has 2 atom stereocenters. The van der Waals surface area contributed by atoms with Gasteiger partial charge in [-0.15, -0.1) is 0 Å². The normalized spacial score (nSPS) is 24.7. The summed E-state index contributed by atoms with van der Waals surface area (Å²) in [6, 6.07) is 3.87. The molecule has 0 bridgehead atoms. The summed E-state index contributed by atoms with van der Waals surface area (Å²) in [7, 11) is 0. The first-order chi connectivity index (χ1) is 8.06. The molecule has 1 fully saturated rings. The zero-order valence-electron chi connectivity index (χ0n) is 10.1. The predicted octanol–water partition coefficient (Wildman–Crippen LogP) is 1.33. The smallest absolute Gasteiger partial charge is 0.122 e. The number of anilines is 1. The molecule has 0 radical (unpaired) electrons. The van der Waals surface area contributed by atoms with Crippen LogP contribution in [0.4, 0.5) is 5.69 Å². The van der Waals surface area contributed by atoms with Gasteiger partial charge >= 0.3 is 0 Å². The van der Waals surface area contributed by atoms with E-state index in [4.69, 9.17) is 22.7 Å². The monoisotopic (exact) mass is 251 g/mol. The molecule has 4 nitrogen and oxygen atoms in total. The van der Waals surface area contributed by atoms with Gasteiger partial charge in [-0.2, -0.15) is 0 Å². The van der Waals surface area contributed by atoms with Crippen LogP contribution < -0.4 is 10.6 Å². The molecule has 0 aromatic carbocycles. The first kappa shape index (κ1) is 12.3. The van der Waals surface area contributed by atoms with Crippen LogP contribution >= 0.6 is 12.2 Å². The topological polar surface area (TPSA) is 51.4 Å². The Balaban J connectivity index is 2.14. The van der Waals surface area contributed by atoms with Crippen molar-refractivity contribution in [3.8, 4) is 0 Å². The summed E-state index contributed by atoms with van der Waals surface area (Å²) in [6.07, 6.45) is 2.31. The third-order valence-corrected chi connectivity index (χ3v) is 2.99. The molecule has 2 unspecified atom stereocenters. The second-order valence-corrected chi connectivity index (χ2v) is 4.87. The second kappa shape index (κ2) is 4.98. The van der Waals surface area contributed by atoms with E-state index in [1.54, 1.807) is 0 Å². The molecule has 2 N–H and O–H groups in total. The fourth-order valence-electron chi connectivity index (χ4n) is 2.11. The molecule has 0 spiro atoms. The van der Waals surface area contributed by atoms with Crippen LogP contribution in [0.1, 0.15) is 19.5 Å². The summed E-state index contributed by atoms with van der Waals surface area (Å²) in [6.45, 7) is 5.94. The molecule has 92 valence electrons. The van der Waals surface area contributed by atoms with Crippen LogP contribution in [0.15, 0.2) is 18.3 Å². The molecule has 1 aliphatic rings. The Morgan fingerprint density at radius 3 is 2.53 bits per heavy atom. The lowest BCUT2D eigenvalue weighted by Gasteiger charge is -2.36. The minimum absolute atomic E-state index is 0.244. The Hall–Kier alpha value is -1.20. The quantitative estimate of drug-likeness (QED) is 0.804. The zero-order valence-corrected chi connectivity index (χ0v) is 10.9. The molecule has 2 rings (SSSR count). The molecule has 0 amide bonds. The number of aromatic nitrogens is 1. The van der Waals surface area contributed by atoms with Crippen LogP contribution in [0.5, 0.6) is 0 Å². The van der Waals surface area contributed by atoms with Crippen molar-refractivity contribution >= 4 is 22.9 Å². The van der Waals surface area contributed by atoms with Crippen LogP contribution in [-0.2, 0) is 4.74 Å². The highest BCUT2D eigenvalue weighted by Crippen LogP contribution is 2.19. The number of nitrogens with two attached hydrogens (primary N) is 1. The van der Waals surface area contributed by atoms with Gasteiger partial charge in [0.05, 0.1) is 29.8 Å². The van der Waals surface area contributed by atoms with Gasteiger partial charge in [-0.1, -0.05) is 12.2 Å². The number of hydrogen-bond acceptors (Lipinski definition) is 4. The third-order valence-electron chi connectivity index (χ3n) is 2.79. The maximum atomic E-state index is 5.70. The van der Waals surface area contributed by atoms with E-state index >= 15 is 0 Å². The van der Waals surface area contributed by atoms with E-state index in [2.05, 4.69) is 23.7 Å². The van der Waals surface area contributed by atoms with Crippen molar-refractivity contribution < 1.29 is 4.74 Å². The molecule has 1 saturated heterocycles. The van der Waals surface area contributed by atoms with Crippen molar-refractivity contribution in [2.45, 2.75) is 26.1 Å². The fraction of sp³-hybridized carbons (Fsp3) is 0.500. The molecular weight excluding hydrogens is 234 g/mol. The maximum absolute atomic E-state index is 5.70. The summed E-state index contributed by atoms with van der Waals surface area (Å²) < 4.78 is 5.70. The summed E-state index contributed by atoms with van der Waals surface area (Å²) in [5.41, 5.74) is 7.28. The lowest BCUT2D eigenvalue weighted by molar-refractivity contribution is -0.00523. The van der Waals surface area contributed by atoms with Gasteiger partial charge in [0, 0.05) is 13.1 Å². The van der Waals surface area contributed by atoms with Crippen molar-refractivity contribution in [3.05, 3.63) is 24.0 Å². The summed E-state index contributed by atoms with van der Waals surface area (Å²) in [4.78, 5) is 6.86. The second-order valence-electron chi connectivity index (χ2n) is 4.43. The van der Waals surface area contributed by atoms with Gasteiger partial charge in [0.1, 0.15) is 4.99 Å². The molecule has 17 heavy (non-hydrogen) atoms. The van der Waals surface area contributed by atoms with E-state index in [9.17, 15) is 0 Å². The molecule has 0 aliphatic carbocycles. The molecule has 0 saturated carbocycles. The maximum Gasteiger partial charge on any atom is 0.122 e. The van der Waals surface area contributed by atoms with Gasteiger partial charge in [-0.05, 0) is 26.0 Å². The first-order valence-electron chi connectivity index (χ1n) is 5.72. The van der Waals surface area contributed by atoms with Crippen molar-refractivity contribution in [2.24, 2.45) is 5.73 Å². The van der Waals surface area contributed by atoms with Gasteiger partial charge in [-0.3, -0.25) is 4.98 Å². The van der Waals surface area contributed by atoms with Gasteiger partial charge in [-0.25, -0.2) is 0 Å². The number of hydrogen-bond donors (Lipinski definition) is 1. The molecule has 1 aliphatic heterocycles. The number of morpholine rings is 1. The standard InChI is InChI=1S/C12H17N3OS/c1-8-6-15(7-9(2)16-8)10-3-4-11(12(13)17)14-5-10/h3-5,8-9H,6-7H2,1-2H3,(H2,13,17). The van der Waals surface area contributed by atoms with E-state index in [0.717, 1.165) is 18.8 Å². The zero-order chi connectivity index (χ0) is 12.4. The number of rotatable bonds is 2. The minimum atomic E-state index is 0.244. The SMILES string of the molecule is CC1CN(c2ccc(C(N)=S)nc2)CC(C)O1. The molecule has 1 aromatic heterocycles. The molecular formula is C12H17N3OS. The van der Waals surface area contributed by atoms with Gasteiger partial charge in [0.25, 0.3) is 0 Å². The van der Waals surface area contributed by atoms with Crippen LogP contribution in [0.25, 0.3) is 0 Å². The minimum Gasteiger partial charge on any atom is -0.388 e. The van der Waals surface area contributed by atoms with E-state index in [1.165, 1.54) is 0 Å². The van der Waals surface area contributed by atoms with E-state index in [0.29, 0.717) is 10.7 Å². The Labute approximate surface area is 107 Å². The highest BCUT2D eigenvalue weighted by atomic mass is 32.1. The van der Waals surface area contributed by atoms with Crippen LogP contribution in [0.3, 0.4) is 0 Å². The Bertz CT molecular complexity index is 397. The number of ether oxygens (including phenoxy) is 1. The lowest BCUT2D eigenvalue weighted by Crippen LogP contribution is -2.45. The van der Waals surface area contributed by atoms with Crippen LogP contribution in [-0.4, -0.2) is 35.3 Å². The molecule has 5 heteroatoms. The summed E-state index contributed by atoms with van der Waals surface area (Å²) >= 11 is 4.88. The van der Waals surface area contributed by atoms with Crippen molar-refractivity contribution in [1.82, 2.24) is 4.98 Å². The van der Waals surface area contributed by atoms with Crippen LogP contribution in [0.2, 0.25) is 0 Å². The summed E-state index contributed by atoms with van der Waals surface area (Å²) in [5.74, 6) is 0. The molecule has 2 heterocycles. The van der Waals surface area contributed by atoms with E-state index in [1.807, 2.05) is 18.3 Å². The van der Waals surface area contributed by atoms with Gasteiger partial charge in [0.2, 0.25) is 0 Å². The Kier molecular flexibility index (Phi) is 3.59. The lowest BCUT2D eigenvalue weighted by atomic mass is 10.2. The Morgan fingerprint density at radius 1 is 1.41 bits per heavy atom. The van der Waals surface area contributed by atoms with Crippen molar-refractivity contribution in [3.63, 3.8) is 0 Å². The number of pyridine rings is 1. The van der Waals surface area contributed by atoms with E-state index < -0.39 is 0 Å². The number of nitrogens with zero attached hydrogens (tertiary/aromatic N) is 2. The highest BCUT2D eigenvalue weighted by molar-refractivity contribution is 7.80.